The van der Waals surface area contributed by atoms with E-state index in [4.69, 9.17) is 0 Å². The van der Waals surface area contributed by atoms with Crippen LogP contribution in [0, 0.1) is 7.27 Å². The van der Waals surface area contributed by atoms with Crippen LogP contribution in [0.2, 0.25) is 0 Å². The zero-order chi connectivity index (χ0) is 8.55. The highest BCUT2D eigenvalue weighted by Crippen LogP contribution is 2.16. The van der Waals surface area contributed by atoms with Gasteiger partial charge in [-0.25, -0.2) is 4.98 Å². The molecule has 0 unspecified atom stereocenters. The van der Waals surface area contributed by atoms with Crippen LogP contribution in [0.15, 0.2) is 24.4 Å². The Hall–Kier alpha value is 0.0200. The Morgan fingerprint density at radius 2 is 2.00 bits per heavy atom. The van der Waals surface area contributed by atoms with Crippen molar-refractivity contribution >= 4 is 56.2 Å². The van der Waals surface area contributed by atoms with Gasteiger partial charge in [0.25, 0.3) is 0 Å². The molecule has 0 fully saturated rings. The third kappa shape index (κ3) is 1.54. The molecule has 2 aromatic rings. The summed E-state index contributed by atoms with van der Waals surface area (Å²) < 4.78 is 2.08. The van der Waals surface area contributed by atoms with Crippen molar-refractivity contribution in [1.29, 1.82) is 0 Å². The highest BCUT2D eigenvalue weighted by atomic mass is 127. The molecule has 4 heteroatoms. The zero-order valence-corrected chi connectivity index (χ0v) is 10.3. The third-order valence-electron chi connectivity index (χ3n) is 1.49. The number of hydrogen-bond acceptors (Lipinski definition) is 2. The Morgan fingerprint density at radius 3 is 2.83 bits per heavy atom. The molecule has 2 nitrogen and oxygen atoms in total. The van der Waals surface area contributed by atoms with Crippen LogP contribution >= 0.6 is 45.2 Å². The van der Waals surface area contributed by atoms with E-state index in [9.17, 15) is 0 Å². The molecule has 0 N–H and O–H groups in total. The van der Waals surface area contributed by atoms with Crippen molar-refractivity contribution in [2.24, 2.45) is 0 Å². The van der Waals surface area contributed by atoms with E-state index in [1.54, 1.807) is 6.20 Å². The highest BCUT2D eigenvalue weighted by Gasteiger charge is 1.99. The largest absolute Gasteiger partial charge is 0.251 e. The summed E-state index contributed by atoms with van der Waals surface area (Å²) in [5, 5.41) is 0. The van der Waals surface area contributed by atoms with E-state index in [-0.39, 0.29) is 0 Å². The Labute approximate surface area is 97.1 Å². The molecule has 12 heavy (non-hydrogen) atoms. The molecule has 0 atom stereocenters. The summed E-state index contributed by atoms with van der Waals surface area (Å²) in [5.41, 5.74) is 1.95. The second-order valence-corrected chi connectivity index (χ2v) is 4.57. The molecule has 0 spiro atoms. The quantitative estimate of drug-likeness (QED) is 0.656. The van der Waals surface area contributed by atoms with Gasteiger partial charge in [0, 0.05) is 3.57 Å². The van der Waals surface area contributed by atoms with E-state index in [1.807, 2.05) is 18.2 Å². The summed E-state index contributed by atoms with van der Waals surface area (Å²) in [6, 6.07) is 6.01. The number of rotatable bonds is 0. The molecule has 0 aliphatic heterocycles. The van der Waals surface area contributed by atoms with Crippen molar-refractivity contribution in [3.8, 4) is 0 Å². The van der Waals surface area contributed by atoms with Gasteiger partial charge in [0.15, 0.2) is 0 Å². The standard InChI is InChI=1S/C8H4I2N2/c9-5-2-1-3-6-8(5)11-4-7(10)12-6/h1-4H. The van der Waals surface area contributed by atoms with Crippen LogP contribution in [-0.4, -0.2) is 9.97 Å². The Kier molecular flexibility index (Phi) is 2.44. The van der Waals surface area contributed by atoms with Crippen molar-refractivity contribution in [2.45, 2.75) is 0 Å². The molecule has 0 aliphatic rings. The number of aromatic nitrogens is 2. The Balaban J connectivity index is 2.86. The van der Waals surface area contributed by atoms with Crippen molar-refractivity contribution in [3.05, 3.63) is 31.7 Å². The molecule has 60 valence electrons. The van der Waals surface area contributed by atoms with Crippen LogP contribution in [0.3, 0.4) is 0 Å². The van der Waals surface area contributed by atoms with E-state index >= 15 is 0 Å². The summed E-state index contributed by atoms with van der Waals surface area (Å²) in [4.78, 5) is 8.66. The number of benzene rings is 1. The fourth-order valence-electron chi connectivity index (χ4n) is 0.984. The lowest BCUT2D eigenvalue weighted by atomic mass is 10.3. The van der Waals surface area contributed by atoms with Gasteiger partial charge >= 0.3 is 0 Å². The van der Waals surface area contributed by atoms with Crippen LogP contribution in [-0.2, 0) is 0 Å². The number of halogens is 2. The molecule has 0 aliphatic carbocycles. The summed E-state index contributed by atoms with van der Waals surface area (Å²) in [7, 11) is 0. The van der Waals surface area contributed by atoms with E-state index in [2.05, 4.69) is 55.1 Å². The van der Waals surface area contributed by atoms with E-state index in [0.29, 0.717) is 0 Å². The van der Waals surface area contributed by atoms with Crippen LogP contribution in [0.1, 0.15) is 0 Å². The first-order valence-electron chi connectivity index (χ1n) is 3.34. The summed E-state index contributed by atoms with van der Waals surface area (Å²) in [6.45, 7) is 0. The first-order chi connectivity index (χ1) is 5.77. The lowest BCUT2D eigenvalue weighted by Crippen LogP contribution is -1.88. The monoisotopic (exact) mass is 382 g/mol. The summed E-state index contributed by atoms with van der Waals surface area (Å²) in [5.74, 6) is 0. The molecule has 0 saturated carbocycles. The van der Waals surface area contributed by atoms with Gasteiger partial charge < -0.3 is 0 Å². The van der Waals surface area contributed by atoms with Gasteiger partial charge in [0.05, 0.1) is 11.7 Å². The van der Waals surface area contributed by atoms with Gasteiger partial charge in [-0.3, -0.25) is 4.98 Å². The fourth-order valence-corrected chi connectivity index (χ4v) is 2.01. The molecule has 1 aromatic carbocycles. The summed E-state index contributed by atoms with van der Waals surface area (Å²) >= 11 is 4.43. The van der Waals surface area contributed by atoms with E-state index in [1.165, 1.54) is 0 Å². The fraction of sp³-hybridized carbons (Fsp3) is 0. The smallest absolute Gasteiger partial charge is 0.120 e. The second kappa shape index (κ2) is 3.41. The Bertz CT molecular complexity index is 428. The van der Waals surface area contributed by atoms with Crippen molar-refractivity contribution < 1.29 is 0 Å². The summed E-state index contributed by atoms with van der Waals surface area (Å²) in [6.07, 6.45) is 1.78. The van der Waals surface area contributed by atoms with Crippen LogP contribution in [0.25, 0.3) is 11.0 Å². The first kappa shape index (κ1) is 8.61. The molecule has 1 aromatic heterocycles. The normalized spacial score (nSPS) is 10.5. The topological polar surface area (TPSA) is 25.8 Å². The van der Waals surface area contributed by atoms with Crippen molar-refractivity contribution in [1.82, 2.24) is 9.97 Å². The van der Waals surface area contributed by atoms with Gasteiger partial charge in [0.2, 0.25) is 0 Å². The van der Waals surface area contributed by atoms with Gasteiger partial charge in [-0.15, -0.1) is 0 Å². The average molecular weight is 382 g/mol. The molecular formula is C8H4I2N2. The average Bonchev–Trinajstić information content (AvgIpc) is 2.04. The van der Waals surface area contributed by atoms with Crippen LogP contribution in [0.5, 0.6) is 0 Å². The third-order valence-corrected chi connectivity index (χ3v) is 2.88. The predicted octanol–water partition coefficient (Wildman–Crippen LogP) is 2.84. The van der Waals surface area contributed by atoms with Gasteiger partial charge in [-0.2, -0.15) is 0 Å². The first-order valence-corrected chi connectivity index (χ1v) is 5.50. The van der Waals surface area contributed by atoms with Crippen LogP contribution < -0.4 is 0 Å². The predicted molar refractivity (Wildman–Crippen MR) is 65.0 cm³/mol. The Morgan fingerprint density at radius 1 is 1.17 bits per heavy atom. The maximum Gasteiger partial charge on any atom is 0.120 e. The molecule has 0 bridgehead atoms. The molecule has 0 radical (unpaired) electrons. The maximum atomic E-state index is 4.36. The van der Waals surface area contributed by atoms with Crippen molar-refractivity contribution in [3.63, 3.8) is 0 Å². The lowest BCUT2D eigenvalue weighted by molar-refractivity contribution is 1.24. The number of nitrogens with zero attached hydrogens (tertiary/aromatic N) is 2. The number of hydrogen-bond donors (Lipinski definition) is 0. The van der Waals surface area contributed by atoms with Gasteiger partial charge in [-0.1, -0.05) is 6.07 Å². The minimum Gasteiger partial charge on any atom is -0.251 e. The lowest BCUT2D eigenvalue weighted by Gasteiger charge is -1.97. The maximum absolute atomic E-state index is 4.36. The molecule has 0 saturated heterocycles. The van der Waals surface area contributed by atoms with Gasteiger partial charge in [-0.05, 0) is 57.3 Å². The molecule has 0 amide bonds. The molecule has 2 rings (SSSR count). The van der Waals surface area contributed by atoms with Crippen molar-refractivity contribution in [2.75, 3.05) is 0 Å². The molecular weight excluding hydrogens is 378 g/mol. The zero-order valence-electron chi connectivity index (χ0n) is 5.96. The van der Waals surface area contributed by atoms with E-state index < -0.39 is 0 Å². The second-order valence-electron chi connectivity index (χ2n) is 2.30. The van der Waals surface area contributed by atoms with E-state index in [0.717, 1.165) is 18.3 Å². The van der Waals surface area contributed by atoms with Crippen LogP contribution in [0.4, 0.5) is 0 Å². The number of para-hydroxylation sites is 1. The minimum absolute atomic E-state index is 0.933. The minimum atomic E-state index is 0.933. The molecule has 1 heterocycles. The number of fused-ring (bicyclic) bond motifs is 1. The highest BCUT2D eigenvalue weighted by molar-refractivity contribution is 14.1. The SMILES string of the molecule is Ic1cnc2c(I)cccc2n1. The van der Waals surface area contributed by atoms with Gasteiger partial charge in [0.1, 0.15) is 9.22 Å².